The van der Waals surface area contributed by atoms with Crippen molar-refractivity contribution in [1.29, 1.82) is 0 Å². The van der Waals surface area contributed by atoms with Gasteiger partial charge in [-0.25, -0.2) is 0 Å². The summed E-state index contributed by atoms with van der Waals surface area (Å²) in [5.74, 6) is 0.771. The molecule has 0 unspecified atom stereocenters. The summed E-state index contributed by atoms with van der Waals surface area (Å²) in [5, 5.41) is 6.49. The van der Waals surface area contributed by atoms with Crippen molar-refractivity contribution in [1.82, 2.24) is 0 Å². The van der Waals surface area contributed by atoms with E-state index in [1.54, 1.807) is 0 Å². The van der Waals surface area contributed by atoms with E-state index in [2.05, 4.69) is 80.8 Å². The van der Waals surface area contributed by atoms with Crippen LogP contribution in [-0.2, 0) is 11.3 Å². The summed E-state index contributed by atoms with van der Waals surface area (Å²) >= 11 is 3.56. The zero-order valence-electron chi connectivity index (χ0n) is 15.2. The first-order valence-electron chi connectivity index (χ1n) is 8.54. The number of benzene rings is 1. The second-order valence-corrected chi connectivity index (χ2v) is 12.9. The third kappa shape index (κ3) is 3.79. The minimum absolute atomic E-state index is 0.646. The Kier molecular flexibility index (Phi) is 6.23. The minimum atomic E-state index is -0.862. The summed E-state index contributed by atoms with van der Waals surface area (Å²) in [4.78, 5) is 5.97. The molecule has 0 amide bonds. The number of rotatable bonds is 6. The highest BCUT2D eigenvalue weighted by Gasteiger charge is 2.35. The Morgan fingerprint density at radius 3 is 2.22 bits per heavy atom. The molecule has 0 aliphatic heterocycles. The van der Waals surface area contributed by atoms with Crippen molar-refractivity contribution >= 4 is 31.7 Å². The zero-order valence-corrected chi connectivity index (χ0v) is 17.6. The van der Waals surface area contributed by atoms with Gasteiger partial charge in [-0.2, -0.15) is 10.0 Å². The van der Waals surface area contributed by atoms with Crippen LogP contribution in [0.1, 0.15) is 59.1 Å². The van der Waals surface area contributed by atoms with Crippen molar-refractivity contribution in [3.05, 3.63) is 33.8 Å². The summed E-state index contributed by atoms with van der Waals surface area (Å²) < 4.78 is 1.11. The van der Waals surface area contributed by atoms with Gasteiger partial charge in [0.15, 0.2) is 0 Å². The molecule has 0 spiro atoms. The van der Waals surface area contributed by atoms with Gasteiger partial charge in [-0.15, -0.1) is 0 Å². The second-order valence-electron chi connectivity index (χ2n) is 7.14. The smallest absolute Gasteiger partial charge is 0.148 e. The van der Waals surface area contributed by atoms with Gasteiger partial charge in [0.1, 0.15) is 5.94 Å². The molecule has 0 saturated carbocycles. The number of fused-ring (bicyclic) bond motifs is 1. The molecule has 0 saturated heterocycles. The third-order valence-electron chi connectivity index (χ3n) is 5.08. The van der Waals surface area contributed by atoms with E-state index in [0.29, 0.717) is 15.7 Å². The van der Waals surface area contributed by atoms with Crippen LogP contribution in [0.3, 0.4) is 0 Å². The lowest BCUT2D eigenvalue weighted by molar-refractivity contribution is 0.192. The van der Waals surface area contributed by atoms with E-state index in [-0.39, 0.29) is 0 Å². The number of hydrogen-bond donors (Lipinski definition) is 0. The molecule has 130 valence electrons. The number of aryl methyl sites for hydroxylation is 1. The molecule has 0 bridgehead atoms. The standard InChI is InChI=1S/C19H30BrNOS/c1-13(2)23(14(3)4,15(5)6)12-22-21-19-10-8-16-7-9-17(20)11-18(16)19/h7,9,11,13-15H,8,10,12H2,1-6H3/b21-19-. The van der Waals surface area contributed by atoms with Crippen LogP contribution in [0.2, 0.25) is 0 Å². The Bertz CT molecular complexity index is 559. The molecule has 0 fully saturated rings. The van der Waals surface area contributed by atoms with Gasteiger partial charge in [-0.3, -0.25) is 0 Å². The second kappa shape index (κ2) is 7.60. The molecule has 0 aromatic heterocycles. The van der Waals surface area contributed by atoms with Crippen LogP contribution in [-0.4, -0.2) is 27.4 Å². The maximum absolute atomic E-state index is 5.97. The molecule has 0 N–H and O–H groups in total. The first-order valence-corrected chi connectivity index (χ1v) is 11.3. The topological polar surface area (TPSA) is 21.6 Å². The molecule has 2 nitrogen and oxygen atoms in total. The van der Waals surface area contributed by atoms with Crippen LogP contribution < -0.4 is 0 Å². The van der Waals surface area contributed by atoms with Gasteiger partial charge >= 0.3 is 0 Å². The van der Waals surface area contributed by atoms with Gasteiger partial charge in [0.25, 0.3) is 0 Å². The number of hydrogen-bond acceptors (Lipinski definition) is 2. The molecule has 1 aliphatic carbocycles. The average molecular weight is 400 g/mol. The Hall–Kier alpha value is -0.480. The van der Waals surface area contributed by atoms with Crippen molar-refractivity contribution in [2.45, 2.75) is 70.1 Å². The monoisotopic (exact) mass is 399 g/mol. The van der Waals surface area contributed by atoms with Crippen LogP contribution in [0.5, 0.6) is 0 Å². The maximum Gasteiger partial charge on any atom is 0.148 e. The third-order valence-corrected chi connectivity index (χ3v) is 11.4. The highest BCUT2D eigenvalue weighted by Crippen LogP contribution is 2.60. The fourth-order valence-corrected chi connectivity index (χ4v) is 8.43. The van der Waals surface area contributed by atoms with Gasteiger partial charge in [-0.05, 0) is 46.3 Å². The first kappa shape index (κ1) is 18.9. The lowest BCUT2D eigenvalue weighted by Crippen LogP contribution is -2.31. The largest absolute Gasteiger partial charge is 0.386 e. The summed E-state index contributed by atoms with van der Waals surface area (Å²) in [6.45, 7) is 14.0. The molecule has 1 aliphatic rings. The van der Waals surface area contributed by atoms with Gasteiger partial charge < -0.3 is 4.84 Å². The van der Waals surface area contributed by atoms with Crippen LogP contribution >= 0.6 is 26.0 Å². The first-order chi connectivity index (χ1) is 10.8. The van der Waals surface area contributed by atoms with Crippen molar-refractivity contribution < 1.29 is 4.84 Å². The van der Waals surface area contributed by atoms with Crippen LogP contribution in [0, 0.1) is 0 Å². The van der Waals surface area contributed by atoms with Crippen molar-refractivity contribution in [2.75, 3.05) is 5.94 Å². The van der Waals surface area contributed by atoms with E-state index in [1.165, 1.54) is 11.1 Å². The van der Waals surface area contributed by atoms with Gasteiger partial charge in [0.05, 0.1) is 5.71 Å². The van der Waals surface area contributed by atoms with E-state index in [4.69, 9.17) is 4.84 Å². The SMILES string of the molecule is CC(C)S(CO/N=C1/CCc2ccc(Br)cc21)(C(C)C)C(C)C. The predicted octanol–water partition coefficient (Wildman–Crippen LogP) is 6.10. The predicted molar refractivity (Wildman–Crippen MR) is 108 cm³/mol. The van der Waals surface area contributed by atoms with Crippen molar-refractivity contribution in [3.63, 3.8) is 0 Å². The van der Waals surface area contributed by atoms with Crippen LogP contribution in [0.25, 0.3) is 0 Å². The van der Waals surface area contributed by atoms with E-state index in [1.807, 2.05) is 0 Å². The van der Waals surface area contributed by atoms with Gasteiger partial charge in [0, 0.05) is 10.0 Å². The molecule has 4 heteroatoms. The fraction of sp³-hybridized carbons (Fsp3) is 0.632. The van der Waals surface area contributed by atoms with Crippen molar-refractivity contribution in [2.24, 2.45) is 5.16 Å². The van der Waals surface area contributed by atoms with Crippen LogP contribution in [0.4, 0.5) is 0 Å². The molecule has 2 rings (SSSR count). The lowest BCUT2D eigenvalue weighted by atomic mass is 10.1. The number of oxime groups is 1. The maximum atomic E-state index is 5.97. The number of halogens is 1. The molecule has 0 heterocycles. The van der Waals surface area contributed by atoms with Gasteiger partial charge in [-0.1, -0.05) is 68.7 Å². The summed E-state index contributed by atoms with van der Waals surface area (Å²) in [5.41, 5.74) is 3.73. The quantitative estimate of drug-likeness (QED) is 0.529. The molecular weight excluding hydrogens is 370 g/mol. The molecule has 1 aromatic carbocycles. The number of nitrogens with zero attached hydrogens (tertiary/aromatic N) is 1. The molecule has 1 aromatic rings. The highest BCUT2D eigenvalue weighted by molar-refractivity contribution is 9.10. The molecule has 0 atom stereocenters. The zero-order chi connectivity index (χ0) is 17.2. The summed E-state index contributed by atoms with van der Waals surface area (Å²) in [6.07, 6.45) is 2.06. The minimum Gasteiger partial charge on any atom is -0.386 e. The summed E-state index contributed by atoms with van der Waals surface area (Å²) in [6, 6.07) is 6.46. The normalized spacial score (nSPS) is 17.4. The Morgan fingerprint density at radius 1 is 1.04 bits per heavy atom. The Labute approximate surface area is 151 Å². The molecule has 0 radical (unpaired) electrons. The van der Waals surface area contributed by atoms with E-state index >= 15 is 0 Å². The van der Waals surface area contributed by atoms with E-state index in [0.717, 1.165) is 29.0 Å². The summed E-state index contributed by atoms with van der Waals surface area (Å²) in [7, 11) is -0.862. The van der Waals surface area contributed by atoms with E-state index in [9.17, 15) is 0 Å². The van der Waals surface area contributed by atoms with E-state index < -0.39 is 10.0 Å². The van der Waals surface area contributed by atoms with Crippen molar-refractivity contribution in [3.8, 4) is 0 Å². The average Bonchev–Trinajstić information content (AvgIpc) is 2.84. The van der Waals surface area contributed by atoms with Gasteiger partial charge in [0.2, 0.25) is 0 Å². The molecule has 23 heavy (non-hydrogen) atoms. The lowest BCUT2D eigenvalue weighted by Gasteiger charge is -2.49. The fourth-order valence-electron chi connectivity index (χ4n) is 3.75. The Morgan fingerprint density at radius 2 is 1.65 bits per heavy atom. The molecular formula is C19H30BrNOS. The van der Waals surface area contributed by atoms with Crippen LogP contribution in [0.15, 0.2) is 27.8 Å². The highest BCUT2D eigenvalue weighted by atomic mass is 79.9. The Balaban J connectivity index is 2.17.